The van der Waals surface area contributed by atoms with Crippen molar-refractivity contribution >= 4 is 93.9 Å². The molecule has 5 nitrogen and oxygen atoms in total. The number of rotatable bonds is 5. The molecule has 12 rings (SSSR count). The first kappa shape index (κ1) is 30.0. The lowest BCUT2D eigenvalue weighted by Gasteiger charge is -2.26. The van der Waals surface area contributed by atoms with Crippen molar-refractivity contribution in [1.82, 2.24) is 4.57 Å². The van der Waals surface area contributed by atoms with Crippen molar-refractivity contribution in [2.75, 3.05) is 4.90 Å². The first-order valence-electron chi connectivity index (χ1n) is 18.5. The highest BCUT2D eigenvalue weighted by molar-refractivity contribution is 6.22. The summed E-state index contributed by atoms with van der Waals surface area (Å²) in [4.78, 5) is 2.27. The van der Waals surface area contributed by atoms with Crippen LogP contribution in [0.4, 0.5) is 17.1 Å². The quantitative estimate of drug-likeness (QED) is 0.179. The molecule has 0 saturated carbocycles. The lowest BCUT2D eigenvalue weighted by atomic mass is 10.0. The maximum atomic E-state index is 6.64. The van der Waals surface area contributed by atoms with Crippen molar-refractivity contribution in [3.8, 4) is 16.8 Å². The van der Waals surface area contributed by atoms with Gasteiger partial charge in [-0.3, -0.25) is 4.57 Å². The van der Waals surface area contributed by atoms with E-state index in [0.717, 1.165) is 111 Å². The molecule has 0 aliphatic heterocycles. The van der Waals surface area contributed by atoms with E-state index in [0.29, 0.717) is 0 Å². The number of hydrogen-bond acceptors (Lipinski definition) is 4. The third-order valence-corrected chi connectivity index (χ3v) is 11.0. The van der Waals surface area contributed by atoms with E-state index < -0.39 is 0 Å². The Labute approximate surface area is 314 Å². The van der Waals surface area contributed by atoms with E-state index in [2.05, 4.69) is 149 Å². The standard InChI is InChI=1S/C50H30N2O3/c1-2-13-32(14-3-1)52-47-34(18-10-21-40(47)46-39-17-6-9-26-45(39)55-50(46)52)31-27-29-33(30-28-31)51(41-22-11-19-37-35-15-4-7-24-43(35)53-48(37)41)42-23-12-20-38-36-16-5-8-25-44(36)54-49(38)42/h1-30H. The number of benzene rings is 8. The highest BCUT2D eigenvalue weighted by Crippen LogP contribution is 2.47. The van der Waals surface area contributed by atoms with Crippen LogP contribution in [-0.2, 0) is 0 Å². The van der Waals surface area contributed by atoms with E-state index >= 15 is 0 Å². The number of fused-ring (bicyclic) bond motifs is 11. The molecule has 0 atom stereocenters. The molecule has 0 spiro atoms. The molecule has 4 heterocycles. The monoisotopic (exact) mass is 706 g/mol. The zero-order valence-electron chi connectivity index (χ0n) is 29.4. The SMILES string of the molecule is c1ccc(-n2c3oc4ccccc4c3c3cccc(-c4ccc(N(c5cccc6c5oc5ccccc56)c5cccc6c5oc5ccccc56)cc4)c32)cc1. The molecule has 0 aliphatic carbocycles. The van der Waals surface area contributed by atoms with Gasteiger partial charge in [-0.15, -0.1) is 0 Å². The lowest BCUT2D eigenvalue weighted by Crippen LogP contribution is -2.10. The first-order valence-corrected chi connectivity index (χ1v) is 18.5. The molecule has 0 saturated heterocycles. The minimum Gasteiger partial charge on any atom is -0.454 e. The number of hydrogen-bond donors (Lipinski definition) is 0. The average Bonchev–Trinajstić information content (AvgIpc) is 4.00. The summed E-state index contributed by atoms with van der Waals surface area (Å²) in [6.07, 6.45) is 0. The molecule has 8 aromatic carbocycles. The maximum absolute atomic E-state index is 6.64. The van der Waals surface area contributed by atoms with Crippen LogP contribution in [-0.4, -0.2) is 4.57 Å². The number of aromatic nitrogens is 1. The van der Waals surface area contributed by atoms with Crippen molar-refractivity contribution in [3.05, 3.63) is 182 Å². The van der Waals surface area contributed by atoms with Crippen LogP contribution in [0.25, 0.3) is 93.7 Å². The fourth-order valence-corrected chi connectivity index (χ4v) is 8.61. The molecule has 12 aromatic rings. The number of anilines is 3. The van der Waals surface area contributed by atoms with E-state index in [1.165, 1.54) is 0 Å². The molecule has 4 aromatic heterocycles. The Morgan fingerprint density at radius 1 is 0.382 bits per heavy atom. The Hall–Kier alpha value is -7.50. The van der Waals surface area contributed by atoms with E-state index in [4.69, 9.17) is 13.3 Å². The van der Waals surface area contributed by atoms with Crippen molar-refractivity contribution in [3.63, 3.8) is 0 Å². The summed E-state index contributed by atoms with van der Waals surface area (Å²) < 4.78 is 22.2. The third kappa shape index (κ3) is 4.35. The van der Waals surface area contributed by atoms with Gasteiger partial charge in [-0.25, -0.2) is 0 Å². The van der Waals surface area contributed by atoms with Crippen LogP contribution in [0.1, 0.15) is 0 Å². The normalized spacial score (nSPS) is 12.0. The van der Waals surface area contributed by atoms with Crippen LogP contribution in [0.15, 0.2) is 195 Å². The van der Waals surface area contributed by atoms with Gasteiger partial charge in [-0.2, -0.15) is 0 Å². The van der Waals surface area contributed by atoms with E-state index in [1.807, 2.05) is 42.5 Å². The summed E-state index contributed by atoms with van der Waals surface area (Å²) in [7, 11) is 0. The Kier molecular flexibility index (Phi) is 6.27. The van der Waals surface area contributed by atoms with Gasteiger partial charge in [-0.1, -0.05) is 127 Å². The molecule has 0 aliphatic rings. The smallest absolute Gasteiger partial charge is 0.213 e. The second-order valence-electron chi connectivity index (χ2n) is 14.0. The zero-order chi connectivity index (χ0) is 36.0. The van der Waals surface area contributed by atoms with Crippen molar-refractivity contribution in [2.24, 2.45) is 0 Å². The van der Waals surface area contributed by atoms with Gasteiger partial charge in [0.25, 0.3) is 0 Å². The molecule has 0 N–H and O–H groups in total. The lowest BCUT2D eigenvalue weighted by molar-refractivity contribution is 0.645. The van der Waals surface area contributed by atoms with Gasteiger partial charge in [0.1, 0.15) is 16.7 Å². The van der Waals surface area contributed by atoms with E-state index in [9.17, 15) is 0 Å². The zero-order valence-corrected chi connectivity index (χ0v) is 29.4. The Morgan fingerprint density at radius 2 is 0.891 bits per heavy atom. The van der Waals surface area contributed by atoms with E-state index in [1.54, 1.807) is 0 Å². The molecule has 258 valence electrons. The summed E-state index contributed by atoms with van der Waals surface area (Å²) in [6.45, 7) is 0. The molecule has 0 unspecified atom stereocenters. The van der Waals surface area contributed by atoms with Gasteiger partial charge < -0.3 is 18.2 Å². The topological polar surface area (TPSA) is 47.6 Å². The summed E-state index contributed by atoms with van der Waals surface area (Å²) in [6, 6.07) is 63.4. The fourth-order valence-electron chi connectivity index (χ4n) is 8.61. The minimum atomic E-state index is 0.821. The third-order valence-electron chi connectivity index (χ3n) is 11.0. The molecular weight excluding hydrogens is 677 g/mol. The number of furan rings is 3. The summed E-state index contributed by atoms with van der Waals surface area (Å²) >= 11 is 0. The Morgan fingerprint density at radius 3 is 1.53 bits per heavy atom. The first-order chi connectivity index (χ1) is 27.3. The van der Waals surface area contributed by atoms with Crippen LogP contribution in [0, 0.1) is 0 Å². The van der Waals surface area contributed by atoms with Crippen molar-refractivity contribution in [1.29, 1.82) is 0 Å². The molecule has 0 fully saturated rings. The molecule has 0 amide bonds. The predicted molar refractivity (Wildman–Crippen MR) is 225 cm³/mol. The van der Waals surface area contributed by atoms with E-state index in [-0.39, 0.29) is 0 Å². The van der Waals surface area contributed by atoms with Gasteiger partial charge in [0.2, 0.25) is 5.71 Å². The molecule has 0 bridgehead atoms. The molecule has 5 heteroatoms. The average molecular weight is 707 g/mol. The van der Waals surface area contributed by atoms with Crippen LogP contribution in [0.3, 0.4) is 0 Å². The predicted octanol–water partition coefficient (Wildman–Crippen LogP) is 14.5. The second kappa shape index (κ2) is 11.5. The molecule has 55 heavy (non-hydrogen) atoms. The van der Waals surface area contributed by atoms with Gasteiger partial charge in [0.15, 0.2) is 11.2 Å². The fraction of sp³-hybridized carbons (Fsp3) is 0. The van der Waals surface area contributed by atoms with Gasteiger partial charge >= 0.3 is 0 Å². The Bertz CT molecular complexity index is 3320. The Balaban J connectivity index is 1.09. The van der Waals surface area contributed by atoms with Gasteiger partial charge in [0.05, 0.1) is 22.3 Å². The van der Waals surface area contributed by atoms with Gasteiger partial charge in [-0.05, 0) is 60.2 Å². The van der Waals surface area contributed by atoms with Gasteiger partial charge in [0, 0.05) is 49.3 Å². The molecule has 0 radical (unpaired) electrons. The summed E-state index contributed by atoms with van der Waals surface area (Å²) in [5, 5.41) is 7.69. The van der Waals surface area contributed by atoms with Crippen LogP contribution in [0.2, 0.25) is 0 Å². The highest BCUT2D eigenvalue weighted by atomic mass is 16.3. The van der Waals surface area contributed by atoms with Crippen molar-refractivity contribution < 1.29 is 13.3 Å². The minimum absolute atomic E-state index is 0.821. The summed E-state index contributed by atoms with van der Waals surface area (Å²) in [5.74, 6) is 0. The molecular formula is C50H30N2O3. The number of nitrogens with zero attached hydrogens (tertiary/aromatic N) is 2. The van der Waals surface area contributed by atoms with Crippen LogP contribution < -0.4 is 4.90 Å². The highest BCUT2D eigenvalue weighted by Gasteiger charge is 2.25. The van der Waals surface area contributed by atoms with Crippen molar-refractivity contribution in [2.45, 2.75) is 0 Å². The maximum Gasteiger partial charge on any atom is 0.213 e. The van der Waals surface area contributed by atoms with Crippen LogP contribution >= 0.6 is 0 Å². The largest absolute Gasteiger partial charge is 0.454 e. The van der Waals surface area contributed by atoms with Crippen LogP contribution in [0.5, 0.6) is 0 Å². The summed E-state index contributed by atoms with van der Waals surface area (Å²) in [5.41, 5.74) is 12.3. The second-order valence-corrected chi connectivity index (χ2v) is 14.0. The number of para-hydroxylation sites is 7.